The predicted octanol–water partition coefficient (Wildman–Crippen LogP) is 1.97. The van der Waals surface area contributed by atoms with E-state index < -0.39 is 0 Å². The number of aryl methyl sites for hydroxylation is 1. The fourth-order valence-electron chi connectivity index (χ4n) is 2.17. The minimum absolute atomic E-state index is 0.127. The van der Waals surface area contributed by atoms with Crippen LogP contribution >= 0.6 is 0 Å². The number of rotatable bonds is 4. The van der Waals surface area contributed by atoms with E-state index in [0.29, 0.717) is 23.0 Å². The molecule has 0 aliphatic heterocycles. The summed E-state index contributed by atoms with van der Waals surface area (Å²) in [6.45, 7) is 3.74. The van der Waals surface area contributed by atoms with Gasteiger partial charge in [0.1, 0.15) is 12.3 Å². The number of para-hydroxylation sites is 1. The monoisotopic (exact) mass is 312 g/mol. The van der Waals surface area contributed by atoms with Crippen LogP contribution in [0.1, 0.15) is 17.0 Å². The summed E-state index contributed by atoms with van der Waals surface area (Å²) >= 11 is 0. The van der Waals surface area contributed by atoms with Gasteiger partial charge in [-0.15, -0.1) is 0 Å². The van der Waals surface area contributed by atoms with Gasteiger partial charge in [-0.1, -0.05) is 17.3 Å². The maximum absolute atomic E-state index is 12.2. The quantitative estimate of drug-likeness (QED) is 0.732. The number of nitrogens with zero attached hydrogens (tertiary/aromatic N) is 4. The van der Waals surface area contributed by atoms with Gasteiger partial charge in [0.05, 0.1) is 18.9 Å². The average Bonchev–Trinajstić information content (AvgIpc) is 3.04. The molecule has 0 atom stereocenters. The zero-order valence-corrected chi connectivity index (χ0v) is 13.1. The van der Waals surface area contributed by atoms with Crippen LogP contribution in [0.2, 0.25) is 0 Å². The van der Waals surface area contributed by atoms with E-state index in [9.17, 15) is 4.79 Å². The van der Waals surface area contributed by atoms with E-state index in [1.54, 1.807) is 20.2 Å². The van der Waals surface area contributed by atoms with Gasteiger partial charge in [0, 0.05) is 5.56 Å². The second kappa shape index (κ2) is 6.04. The van der Waals surface area contributed by atoms with Crippen molar-refractivity contribution in [1.82, 2.24) is 19.9 Å². The third-order valence-electron chi connectivity index (χ3n) is 3.64. The molecule has 2 heterocycles. The Morgan fingerprint density at radius 2 is 2.04 bits per heavy atom. The lowest BCUT2D eigenvalue weighted by atomic mass is 10.2. The second-order valence-electron chi connectivity index (χ2n) is 5.13. The molecular formula is C16H16N4O3. The molecule has 0 saturated heterocycles. The molecule has 0 bridgehead atoms. The zero-order chi connectivity index (χ0) is 16.4. The van der Waals surface area contributed by atoms with Gasteiger partial charge in [0.25, 0.3) is 5.56 Å². The Bertz CT molecular complexity index is 898. The van der Waals surface area contributed by atoms with Gasteiger partial charge in [0.15, 0.2) is 0 Å². The van der Waals surface area contributed by atoms with Crippen molar-refractivity contribution in [1.29, 1.82) is 0 Å². The van der Waals surface area contributed by atoms with E-state index >= 15 is 0 Å². The van der Waals surface area contributed by atoms with Crippen molar-refractivity contribution in [2.75, 3.05) is 7.11 Å². The minimum Gasteiger partial charge on any atom is -0.496 e. The topological polar surface area (TPSA) is 83.0 Å². The highest BCUT2D eigenvalue weighted by molar-refractivity contribution is 5.63. The first-order valence-electron chi connectivity index (χ1n) is 7.09. The third kappa shape index (κ3) is 2.85. The third-order valence-corrected chi connectivity index (χ3v) is 3.64. The minimum atomic E-state index is -0.165. The largest absolute Gasteiger partial charge is 0.496 e. The predicted molar refractivity (Wildman–Crippen MR) is 83.4 cm³/mol. The summed E-state index contributed by atoms with van der Waals surface area (Å²) in [6.07, 6.45) is 1.65. The van der Waals surface area contributed by atoms with E-state index in [0.717, 1.165) is 11.1 Å². The molecule has 0 saturated carbocycles. The van der Waals surface area contributed by atoms with Crippen LogP contribution in [-0.4, -0.2) is 27.0 Å². The van der Waals surface area contributed by atoms with Crippen molar-refractivity contribution in [3.63, 3.8) is 0 Å². The van der Waals surface area contributed by atoms with Crippen LogP contribution in [0.3, 0.4) is 0 Å². The lowest BCUT2D eigenvalue weighted by molar-refractivity contribution is 0.362. The van der Waals surface area contributed by atoms with Crippen LogP contribution in [0.25, 0.3) is 11.4 Å². The molecule has 0 amide bonds. The van der Waals surface area contributed by atoms with Crippen LogP contribution in [-0.2, 0) is 6.54 Å². The summed E-state index contributed by atoms with van der Waals surface area (Å²) in [6, 6.07) is 7.39. The van der Waals surface area contributed by atoms with E-state index in [2.05, 4.69) is 15.2 Å². The van der Waals surface area contributed by atoms with Crippen molar-refractivity contribution < 1.29 is 9.26 Å². The molecule has 0 N–H and O–H groups in total. The molecule has 0 aliphatic rings. The highest BCUT2D eigenvalue weighted by Crippen LogP contribution is 2.26. The van der Waals surface area contributed by atoms with Crippen LogP contribution in [0, 0.1) is 13.8 Å². The first kappa shape index (κ1) is 15.0. The molecule has 2 aromatic heterocycles. The van der Waals surface area contributed by atoms with Gasteiger partial charge in [-0.05, 0) is 31.5 Å². The molecule has 0 fully saturated rings. The lowest BCUT2D eigenvalue weighted by Gasteiger charge is -2.04. The first-order valence-corrected chi connectivity index (χ1v) is 7.09. The van der Waals surface area contributed by atoms with Gasteiger partial charge in [0.2, 0.25) is 11.7 Å². The second-order valence-corrected chi connectivity index (χ2v) is 5.13. The Morgan fingerprint density at radius 1 is 1.26 bits per heavy atom. The van der Waals surface area contributed by atoms with Crippen molar-refractivity contribution >= 4 is 0 Å². The molecule has 0 spiro atoms. The molecule has 0 aliphatic carbocycles. The molecule has 3 aromatic rings. The van der Waals surface area contributed by atoms with E-state index in [1.165, 1.54) is 4.68 Å². The molecule has 0 unspecified atom stereocenters. The molecule has 3 rings (SSSR count). The van der Waals surface area contributed by atoms with Gasteiger partial charge in [-0.25, -0.2) is 4.68 Å². The number of hydrogen-bond donors (Lipinski definition) is 0. The normalized spacial score (nSPS) is 10.7. The molecule has 7 heteroatoms. The van der Waals surface area contributed by atoms with Crippen LogP contribution in [0.4, 0.5) is 0 Å². The van der Waals surface area contributed by atoms with Crippen molar-refractivity contribution in [3.8, 4) is 17.1 Å². The molecule has 0 radical (unpaired) electrons. The maximum atomic E-state index is 12.2. The van der Waals surface area contributed by atoms with Gasteiger partial charge in [-0.3, -0.25) is 4.79 Å². The van der Waals surface area contributed by atoms with Gasteiger partial charge in [-0.2, -0.15) is 10.1 Å². The Balaban J connectivity index is 1.91. The summed E-state index contributed by atoms with van der Waals surface area (Å²) in [5.74, 6) is 1.37. The summed E-state index contributed by atoms with van der Waals surface area (Å²) in [5.41, 5.74) is 2.07. The highest BCUT2D eigenvalue weighted by atomic mass is 16.5. The summed E-state index contributed by atoms with van der Waals surface area (Å²) < 4.78 is 11.8. The average molecular weight is 312 g/mol. The van der Waals surface area contributed by atoms with Crippen LogP contribution < -0.4 is 10.3 Å². The fraction of sp³-hybridized carbons (Fsp3) is 0.250. The fourth-order valence-corrected chi connectivity index (χ4v) is 2.17. The molecular weight excluding hydrogens is 296 g/mol. The summed E-state index contributed by atoms with van der Waals surface area (Å²) in [4.78, 5) is 16.5. The summed E-state index contributed by atoms with van der Waals surface area (Å²) in [7, 11) is 1.58. The van der Waals surface area contributed by atoms with E-state index in [4.69, 9.17) is 9.26 Å². The number of ether oxygens (including phenoxy) is 1. The number of aromatic nitrogens is 4. The Kier molecular flexibility index (Phi) is 3.92. The van der Waals surface area contributed by atoms with Crippen molar-refractivity contribution in [2.45, 2.75) is 20.4 Å². The Hall–Kier alpha value is -2.96. The molecule has 23 heavy (non-hydrogen) atoms. The van der Waals surface area contributed by atoms with Crippen LogP contribution in [0.15, 0.2) is 39.8 Å². The standard InChI is InChI=1S/C16H16N4O3/c1-10-8-17-20(16(21)11(10)2)9-14-18-15(19-23-14)12-6-4-5-7-13(12)22-3/h4-8H,9H2,1-3H3. The van der Waals surface area contributed by atoms with E-state index in [-0.39, 0.29) is 12.1 Å². The smallest absolute Gasteiger partial charge is 0.270 e. The number of benzene rings is 1. The first-order chi connectivity index (χ1) is 11.1. The Labute approximate surface area is 132 Å². The molecule has 1 aromatic carbocycles. The lowest BCUT2D eigenvalue weighted by Crippen LogP contribution is -2.26. The SMILES string of the molecule is COc1ccccc1-c1noc(Cn2ncc(C)c(C)c2=O)n1. The molecule has 7 nitrogen and oxygen atoms in total. The van der Waals surface area contributed by atoms with Gasteiger partial charge >= 0.3 is 0 Å². The van der Waals surface area contributed by atoms with Gasteiger partial charge < -0.3 is 9.26 Å². The Morgan fingerprint density at radius 3 is 2.83 bits per heavy atom. The highest BCUT2D eigenvalue weighted by Gasteiger charge is 2.14. The van der Waals surface area contributed by atoms with Crippen LogP contribution in [0.5, 0.6) is 5.75 Å². The summed E-state index contributed by atoms with van der Waals surface area (Å²) in [5, 5.41) is 8.05. The maximum Gasteiger partial charge on any atom is 0.270 e. The van der Waals surface area contributed by atoms with Crippen molar-refractivity contribution in [2.24, 2.45) is 0 Å². The van der Waals surface area contributed by atoms with Crippen molar-refractivity contribution in [3.05, 3.63) is 57.8 Å². The number of methoxy groups -OCH3 is 1. The molecule has 118 valence electrons. The number of hydrogen-bond acceptors (Lipinski definition) is 6. The van der Waals surface area contributed by atoms with E-state index in [1.807, 2.05) is 31.2 Å². The zero-order valence-electron chi connectivity index (χ0n) is 13.1.